The van der Waals surface area contributed by atoms with E-state index in [-0.39, 0.29) is 18.0 Å². The van der Waals surface area contributed by atoms with Gasteiger partial charge in [0.2, 0.25) is 5.91 Å². The van der Waals surface area contributed by atoms with Gasteiger partial charge in [-0.05, 0) is 92.6 Å². The summed E-state index contributed by atoms with van der Waals surface area (Å²) in [6, 6.07) is 23.5. The van der Waals surface area contributed by atoms with E-state index >= 15 is 0 Å². The van der Waals surface area contributed by atoms with E-state index in [2.05, 4.69) is 51.1 Å². The monoisotopic (exact) mass is 543 g/mol. The molecule has 0 bridgehead atoms. The molecule has 0 aliphatic carbocycles. The molecule has 3 heterocycles. The topological polar surface area (TPSA) is 62.2 Å². The van der Waals surface area contributed by atoms with Crippen LogP contribution in [0.2, 0.25) is 5.02 Å². The highest BCUT2D eigenvalue weighted by molar-refractivity contribution is 7.80. The van der Waals surface area contributed by atoms with Crippen LogP contribution >= 0.6 is 23.8 Å². The SMILES string of the molecule is Cc1cccc(NC(=O)CCN2C(=S)N[C@@H](c3ccccn3)[C@@H]2c2cc(C)n(-c3cccc(Cl)c3)c2C)c1. The van der Waals surface area contributed by atoms with Gasteiger partial charge in [-0.25, -0.2) is 0 Å². The van der Waals surface area contributed by atoms with Gasteiger partial charge in [0.25, 0.3) is 0 Å². The molecule has 1 saturated heterocycles. The van der Waals surface area contributed by atoms with Crippen LogP contribution in [0.3, 0.4) is 0 Å². The quantitative estimate of drug-likeness (QED) is 0.262. The molecule has 2 N–H and O–H groups in total. The summed E-state index contributed by atoms with van der Waals surface area (Å²) in [5.41, 5.74) is 7.12. The molecule has 1 fully saturated rings. The van der Waals surface area contributed by atoms with Gasteiger partial charge in [0.1, 0.15) is 0 Å². The number of benzene rings is 2. The lowest BCUT2D eigenvalue weighted by molar-refractivity contribution is -0.116. The Kier molecular flexibility index (Phi) is 7.49. The summed E-state index contributed by atoms with van der Waals surface area (Å²) in [4.78, 5) is 19.7. The lowest BCUT2D eigenvalue weighted by atomic mass is 9.96. The third-order valence-corrected chi connectivity index (χ3v) is 7.52. The van der Waals surface area contributed by atoms with Gasteiger partial charge in [-0.1, -0.05) is 35.9 Å². The summed E-state index contributed by atoms with van der Waals surface area (Å²) in [5.74, 6) is -0.0529. The van der Waals surface area contributed by atoms with E-state index in [0.29, 0.717) is 23.1 Å². The molecule has 1 amide bonds. The average molecular weight is 544 g/mol. The second-order valence-corrected chi connectivity index (χ2v) is 10.5. The number of hydrogen-bond acceptors (Lipinski definition) is 3. The predicted octanol–water partition coefficient (Wildman–Crippen LogP) is 6.45. The van der Waals surface area contributed by atoms with Gasteiger partial charge in [-0.2, -0.15) is 0 Å². The van der Waals surface area contributed by atoms with Crippen molar-refractivity contribution >= 4 is 40.5 Å². The van der Waals surface area contributed by atoms with Crippen LogP contribution < -0.4 is 10.6 Å². The standard InChI is InChI=1S/C30H30ClN5OS/c1-19-8-6-10-23(16-19)33-27(37)13-15-35-29(28(34-30(35)38)26-12-4-5-14-32-26)25-17-20(2)36(21(25)3)24-11-7-9-22(31)18-24/h4-12,14,16-18,28-29H,13,15H2,1-3H3,(H,33,37)(H,34,38)/t28-,29-/m0/s1. The molecule has 5 rings (SSSR count). The lowest BCUT2D eigenvalue weighted by Crippen LogP contribution is -2.32. The minimum Gasteiger partial charge on any atom is -0.352 e. The lowest BCUT2D eigenvalue weighted by Gasteiger charge is -2.28. The van der Waals surface area contributed by atoms with E-state index in [1.165, 1.54) is 0 Å². The van der Waals surface area contributed by atoms with Gasteiger partial charge in [0, 0.05) is 46.9 Å². The number of pyridine rings is 1. The Morgan fingerprint density at radius 2 is 1.87 bits per heavy atom. The number of rotatable bonds is 7. The fraction of sp³-hybridized carbons (Fsp3) is 0.233. The molecule has 2 atom stereocenters. The molecule has 4 aromatic rings. The van der Waals surface area contributed by atoms with Crippen molar-refractivity contribution in [3.05, 3.63) is 112 Å². The maximum absolute atomic E-state index is 12.9. The third-order valence-electron chi connectivity index (χ3n) is 6.93. The Balaban J connectivity index is 1.47. The van der Waals surface area contributed by atoms with Crippen molar-refractivity contribution in [1.82, 2.24) is 19.8 Å². The van der Waals surface area contributed by atoms with Crippen molar-refractivity contribution in [2.75, 3.05) is 11.9 Å². The second kappa shape index (κ2) is 11.0. The molecule has 194 valence electrons. The van der Waals surface area contributed by atoms with Gasteiger partial charge in [0.05, 0.1) is 17.8 Å². The molecule has 0 spiro atoms. The molecule has 1 aliphatic rings. The van der Waals surface area contributed by atoms with Crippen LogP contribution in [0, 0.1) is 20.8 Å². The highest BCUT2D eigenvalue weighted by atomic mass is 35.5. The van der Waals surface area contributed by atoms with Crippen LogP contribution in [0.5, 0.6) is 0 Å². The maximum atomic E-state index is 12.9. The van der Waals surface area contributed by atoms with Crippen molar-refractivity contribution in [2.24, 2.45) is 0 Å². The molecule has 1 aliphatic heterocycles. The van der Waals surface area contributed by atoms with Gasteiger partial charge >= 0.3 is 0 Å². The smallest absolute Gasteiger partial charge is 0.226 e. The Morgan fingerprint density at radius 1 is 1.05 bits per heavy atom. The number of carbonyl (C=O) groups is 1. The van der Waals surface area contributed by atoms with Gasteiger partial charge in [-0.3, -0.25) is 9.78 Å². The first-order valence-electron chi connectivity index (χ1n) is 12.6. The average Bonchev–Trinajstić information content (AvgIpc) is 3.37. The van der Waals surface area contributed by atoms with Crippen molar-refractivity contribution in [3.8, 4) is 5.69 Å². The number of thiocarbonyl (C=S) groups is 1. The molecule has 38 heavy (non-hydrogen) atoms. The molecule has 6 nitrogen and oxygen atoms in total. The van der Waals surface area contributed by atoms with E-state index in [0.717, 1.165) is 39.6 Å². The highest BCUT2D eigenvalue weighted by Gasteiger charge is 2.41. The van der Waals surface area contributed by atoms with Crippen LogP contribution in [0.4, 0.5) is 5.69 Å². The molecular weight excluding hydrogens is 514 g/mol. The first-order valence-corrected chi connectivity index (χ1v) is 13.4. The van der Waals surface area contributed by atoms with Crippen LogP contribution in [0.25, 0.3) is 5.69 Å². The number of aromatic nitrogens is 2. The Hall–Kier alpha value is -3.68. The Bertz CT molecular complexity index is 1490. The summed E-state index contributed by atoms with van der Waals surface area (Å²) >= 11 is 12.1. The summed E-state index contributed by atoms with van der Waals surface area (Å²) < 4.78 is 2.21. The zero-order valence-corrected chi connectivity index (χ0v) is 23.2. The van der Waals surface area contributed by atoms with Crippen molar-refractivity contribution in [1.29, 1.82) is 0 Å². The molecule has 8 heteroatoms. The van der Waals surface area contributed by atoms with Crippen LogP contribution in [-0.2, 0) is 4.79 Å². The van der Waals surface area contributed by atoms with E-state index in [4.69, 9.17) is 23.8 Å². The molecule has 2 aromatic carbocycles. The summed E-state index contributed by atoms with van der Waals surface area (Å²) in [6.45, 7) is 6.68. The summed E-state index contributed by atoms with van der Waals surface area (Å²) in [7, 11) is 0. The molecule has 0 saturated carbocycles. The second-order valence-electron chi connectivity index (χ2n) is 9.63. The normalized spacial score (nSPS) is 16.9. The highest BCUT2D eigenvalue weighted by Crippen LogP contribution is 2.41. The maximum Gasteiger partial charge on any atom is 0.226 e. The molecular formula is C30H30ClN5OS. The molecule has 0 radical (unpaired) electrons. The predicted molar refractivity (Wildman–Crippen MR) is 157 cm³/mol. The number of nitrogens with one attached hydrogen (secondary N) is 2. The van der Waals surface area contributed by atoms with Crippen molar-refractivity contribution < 1.29 is 4.79 Å². The first kappa shape index (κ1) is 25.9. The first-order chi connectivity index (χ1) is 18.3. The number of carbonyl (C=O) groups excluding carboxylic acids is 1. The summed E-state index contributed by atoms with van der Waals surface area (Å²) in [5, 5.41) is 7.80. The zero-order valence-electron chi connectivity index (χ0n) is 21.6. The molecule has 0 unspecified atom stereocenters. The van der Waals surface area contributed by atoms with Gasteiger partial charge in [-0.15, -0.1) is 0 Å². The van der Waals surface area contributed by atoms with E-state index in [9.17, 15) is 4.79 Å². The third kappa shape index (κ3) is 5.30. The summed E-state index contributed by atoms with van der Waals surface area (Å²) in [6.07, 6.45) is 2.10. The zero-order chi connectivity index (χ0) is 26.8. The Labute approximate surface area is 233 Å². The van der Waals surface area contributed by atoms with Gasteiger partial charge in [0.15, 0.2) is 5.11 Å². The molecule has 2 aromatic heterocycles. The number of amides is 1. The van der Waals surface area contributed by atoms with Crippen molar-refractivity contribution in [2.45, 2.75) is 39.3 Å². The fourth-order valence-corrected chi connectivity index (χ4v) is 5.77. The van der Waals surface area contributed by atoms with E-state index in [1.54, 1.807) is 6.20 Å². The minimum absolute atomic E-state index is 0.0529. The largest absolute Gasteiger partial charge is 0.352 e. The number of halogens is 1. The number of nitrogens with zero attached hydrogens (tertiary/aromatic N) is 3. The van der Waals surface area contributed by atoms with E-state index < -0.39 is 0 Å². The van der Waals surface area contributed by atoms with Crippen molar-refractivity contribution in [3.63, 3.8) is 0 Å². The fourth-order valence-electron chi connectivity index (χ4n) is 5.25. The van der Waals surface area contributed by atoms with Crippen LogP contribution in [0.1, 0.15) is 46.7 Å². The van der Waals surface area contributed by atoms with Crippen LogP contribution in [-0.4, -0.2) is 32.0 Å². The van der Waals surface area contributed by atoms with E-state index in [1.807, 2.05) is 67.6 Å². The minimum atomic E-state index is -0.156. The Morgan fingerprint density at radius 3 is 2.61 bits per heavy atom. The van der Waals surface area contributed by atoms with Crippen LogP contribution in [0.15, 0.2) is 79.0 Å². The van der Waals surface area contributed by atoms with Gasteiger partial charge < -0.3 is 20.1 Å². The number of anilines is 1. The number of aryl methyl sites for hydroxylation is 2. The number of hydrogen-bond donors (Lipinski definition) is 2.